The van der Waals surface area contributed by atoms with Gasteiger partial charge in [0, 0.05) is 0 Å². The first kappa shape index (κ1) is 13.5. The van der Waals surface area contributed by atoms with Crippen molar-refractivity contribution in [3.05, 3.63) is 0 Å². The van der Waals surface area contributed by atoms with Crippen LogP contribution in [-0.4, -0.2) is 29.2 Å². The summed E-state index contributed by atoms with van der Waals surface area (Å²) in [4.78, 5) is 0. The minimum Gasteiger partial charge on any atom is -0.389 e. The van der Waals surface area contributed by atoms with Crippen LogP contribution in [0, 0.1) is 0 Å². The van der Waals surface area contributed by atoms with Crippen molar-refractivity contribution in [2.24, 2.45) is 0 Å². The van der Waals surface area contributed by atoms with E-state index in [-0.39, 0.29) is 0 Å². The van der Waals surface area contributed by atoms with E-state index >= 15 is 0 Å². The second-order valence-corrected chi connectivity index (χ2v) is 2.63. The zero-order valence-electron chi connectivity index (χ0n) is 6.88. The van der Waals surface area contributed by atoms with E-state index in [0.29, 0.717) is 0 Å². The molecule has 0 saturated carbocycles. The van der Waals surface area contributed by atoms with Gasteiger partial charge < -0.3 is 5.11 Å². The highest BCUT2D eigenvalue weighted by Gasteiger charge is 2.75. The van der Waals surface area contributed by atoms with Crippen molar-refractivity contribution in [2.45, 2.75) is 37.5 Å². The highest BCUT2D eigenvalue weighted by atomic mass is 19.4. The van der Waals surface area contributed by atoms with Crippen LogP contribution in [0.25, 0.3) is 0 Å². The van der Waals surface area contributed by atoms with Gasteiger partial charge in [-0.05, 0) is 6.42 Å². The lowest BCUT2D eigenvalue weighted by Crippen LogP contribution is -2.60. The van der Waals surface area contributed by atoms with Crippen molar-refractivity contribution in [3.63, 3.8) is 0 Å². The molecule has 0 amide bonds. The largest absolute Gasteiger partial charge is 0.434 e. The van der Waals surface area contributed by atoms with Gasteiger partial charge in [0.05, 0.1) is 0 Å². The summed E-state index contributed by atoms with van der Waals surface area (Å²) in [7, 11) is 0. The van der Waals surface area contributed by atoms with E-state index in [4.69, 9.17) is 5.11 Å². The summed E-state index contributed by atoms with van der Waals surface area (Å²) in [5.41, 5.74) is -5.56. The predicted molar refractivity (Wildman–Crippen MR) is 32.2 cm³/mol. The van der Waals surface area contributed by atoms with E-state index in [9.17, 15) is 30.7 Å². The van der Waals surface area contributed by atoms with Crippen molar-refractivity contribution in [3.8, 4) is 0 Å². The molecular formula is C6H7F7O. The van der Waals surface area contributed by atoms with Crippen LogP contribution in [0.2, 0.25) is 0 Å². The van der Waals surface area contributed by atoms with Crippen LogP contribution < -0.4 is 0 Å². The Kier molecular flexibility index (Phi) is 3.42. The summed E-state index contributed by atoms with van der Waals surface area (Å²) >= 11 is 0. The van der Waals surface area contributed by atoms with Gasteiger partial charge in [0.25, 0.3) is 0 Å². The van der Waals surface area contributed by atoms with E-state index in [2.05, 4.69) is 0 Å². The number of rotatable bonds is 2. The van der Waals surface area contributed by atoms with Crippen molar-refractivity contribution in [1.82, 2.24) is 0 Å². The van der Waals surface area contributed by atoms with Crippen LogP contribution in [0.15, 0.2) is 0 Å². The highest BCUT2D eigenvalue weighted by molar-refractivity contribution is 4.99. The molecule has 0 aliphatic heterocycles. The Hall–Kier alpha value is -0.530. The second-order valence-electron chi connectivity index (χ2n) is 2.63. The summed E-state index contributed by atoms with van der Waals surface area (Å²) in [6.45, 7) is 0.816. The molecule has 0 aromatic carbocycles. The van der Waals surface area contributed by atoms with Crippen molar-refractivity contribution in [2.75, 3.05) is 0 Å². The minimum absolute atomic E-state index is 0.816. The number of halogens is 7. The summed E-state index contributed by atoms with van der Waals surface area (Å²) in [5.74, 6) is 0. The third kappa shape index (κ3) is 1.94. The Balaban J connectivity index is 5.29. The van der Waals surface area contributed by atoms with Gasteiger partial charge in [0.1, 0.15) is 6.10 Å². The molecule has 0 aliphatic rings. The molecule has 1 unspecified atom stereocenters. The Bertz CT molecular complexity index is 179. The SMILES string of the molecule is CCC(O)C(F)(C(F)(F)F)C(F)(F)F. The van der Waals surface area contributed by atoms with Crippen LogP contribution in [-0.2, 0) is 0 Å². The van der Waals surface area contributed by atoms with E-state index in [1.807, 2.05) is 0 Å². The number of aliphatic hydroxyl groups excluding tert-OH is 1. The summed E-state index contributed by atoms with van der Waals surface area (Å²) in [6.07, 6.45) is -16.5. The van der Waals surface area contributed by atoms with Crippen LogP contribution >= 0.6 is 0 Å². The quantitative estimate of drug-likeness (QED) is 0.720. The van der Waals surface area contributed by atoms with Gasteiger partial charge in [0.15, 0.2) is 0 Å². The van der Waals surface area contributed by atoms with Gasteiger partial charge in [-0.2, -0.15) is 26.3 Å². The van der Waals surface area contributed by atoms with Gasteiger partial charge in [-0.25, -0.2) is 4.39 Å². The maximum Gasteiger partial charge on any atom is 0.434 e. The molecule has 0 rings (SSSR count). The number of hydrogen-bond acceptors (Lipinski definition) is 1. The smallest absolute Gasteiger partial charge is 0.389 e. The maximum absolute atomic E-state index is 12.7. The van der Waals surface area contributed by atoms with Gasteiger partial charge in [0.2, 0.25) is 0 Å². The van der Waals surface area contributed by atoms with Crippen LogP contribution in [0.3, 0.4) is 0 Å². The Morgan fingerprint density at radius 3 is 1.29 bits per heavy atom. The van der Waals surface area contributed by atoms with Gasteiger partial charge in [-0.1, -0.05) is 6.92 Å². The molecule has 0 saturated heterocycles. The van der Waals surface area contributed by atoms with Crippen LogP contribution in [0.5, 0.6) is 0 Å². The molecule has 0 spiro atoms. The van der Waals surface area contributed by atoms with E-state index in [0.717, 1.165) is 6.92 Å². The third-order valence-electron chi connectivity index (χ3n) is 1.67. The zero-order valence-corrected chi connectivity index (χ0v) is 6.88. The third-order valence-corrected chi connectivity index (χ3v) is 1.67. The summed E-state index contributed by atoms with van der Waals surface area (Å²) in [5, 5.41) is 8.43. The molecule has 8 heteroatoms. The number of alkyl halides is 7. The monoisotopic (exact) mass is 228 g/mol. The summed E-state index contributed by atoms with van der Waals surface area (Å²) < 4.78 is 83.4. The number of hydrogen-bond donors (Lipinski definition) is 1. The lowest BCUT2D eigenvalue weighted by atomic mass is 9.95. The fraction of sp³-hybridized carbons (Fsp3) is 1.00. The lowest BCUT2D eigenvalue weighted by molar-refractivity contribution is -0.364. The summed E-state index contributed by atoms with van der Waals surface area (Å²) in [6, 6.07) is 0. The molecule has 0 aromatic heterocycles. The average molecular weight is 228 g/mol. The fourth-order valence-electron chi connectivity index (χ4n) is 0.820. The first-order valence-corrected chi connectivity index (χ1v) is 3.49. The van der Waals surface area contributed by atoms with Gasteiger partial charge in [-0.15, -0.1) is 0 Å². The first-order chi connectivity index (χ1) is 5.98. The molecule has 0 radical (unpaired) electrons. The minimum atomic E-state index is -6.18. The van der Waals surface area contributed by atoms with Crippen molar-refractivity contribution < 1.29 is 35.8 Å². The van der Waals surface area contributed by atoms with Crippen LogP contribution in [0.1, 0.15) is 13.3 Å². The van der Waals surface area contributed by atoms with E-state index < -0.39 is 30.5 Å². The average Bonchev–Trinajstić information content (AvgIpc) is 1.97. The maximum atomic E-state index is 12.7. The van der Waals surface area contributed by atoms with E-state index in [1.54, 1.807) is 0 Å². The molecule has 14 heavy (non-hydrogen) atoms. The van der Waals surface area contributed by atoms with E-state index in [1.165, 1.54) is 0 Å². The molecule has 1 nitrogen and oxygen atoms in total. The molecule has 86 valence electrons. The second kappa shape index (κ2) is 3.56. The molecule has 0 bridgehead atoms. The molecule has 0 aliphatic carbocycles. The zero-order chi connectivity index (χ0) is 11.8. The first-order valence-electron chi connectivity index (χ1n) is 3.49. The standard InChI is InChI=1S/C6H7F7O/c1-2-3(14)4(7,5(8,9)10)6(11,12)13/h3,14H,2H2,1H3. The van der Waals surface area contributed by atoms with Crippen molar-refractivity contribution >= 4 is 0 Å². The molecular weight excluding hydrogens is 221 g/mol. The van der Waals surface area contributed by atoms with Crippen LogP contribution in [0.4, 0.5) is 30.7 Å². The van der Waals surface area contributed by atoms with Gasteiger partial charge in [-0.3, -0.25) is 0 Å². The topological polar surface area (TPSA) is 20.2 Å². The molecule has 1 N–H and O–H groups in total. The van der Waals surface area contributed by atoms with Crippen molar-refractivity contribution in [1.29, 1.82) is 0 Å². The Morgan fingerprint density at radius 2 is 1.21 bits per heavy atom. The normalized spacial score (nSPS) is 16.9. The lowest BCUT2D eigenvalue weighted by Gasteiger charge is -2.33. The number of aliphatic hydroxyl groups is 1. The molecule has 0 aromatic rings. The Labute approximate surface area is 74.5 Å². The highest BCUT2D eigenvalue weighted by Crippen LogP contribution is 2.48. The fourth-order valence-corrected chi connectivity index (χ4v) is 0.820. The Morgan fingerprint density at radius 1 is 0.929 bits per heavy atom. The molecule has 1 atom stereocenters. The predicted octanol–water partition coefficient (Wildman–Crippen LogP) is 2.59. The molecule has 0 heterocycles. The van der Waals surface area contributed by atoms with Gasteiger partial charge >= 0.3 is 18.0 Å². The molecule has 0 fully saturated rings.